The van der Waals surface area contributed by atoms with Crippen LogP contribution >= 0.6 is 0 Å². The Hall–Kier alpha value is -0.250. The smallest absolute Gasteiger partial charge is 0.256 e. The highest BCUT2D eigenvalue weighted by molar-refractivity contribution is 4.85. The molecule has 2 unspecified atom stereocenters. The third-order valence-corrected chi connectivity index (χ3v) is 1.46. The summed E-state index contributed by atoms with van der Waals surface area (Å²) in [4.78, 5) is 0. The Bertz CT molecular complexity index is 96.2. The summed E-state index contributed by atoms with van der Waals surface area (Å²) in [6.07, 6.45) is -3.71. The van der Waals surface area contributed by atoms with Crippen LogP contribution in [0.4, 0.5) is 13.2 Å². The topological polar surface area (TPSA) is 12.0 Å². The maximum absolute atomic E-state index is 12.3. The van der Waals surface area contributed by atoms with Crippen LogP contribution in [0.3, 0.4) is 0 Å². The molecule has 1 aliphatic rings. The largest absolute Gasteiger partial charge is 0.306 e. The summed E-state index contributed by atoms with van der Waals surface area (Å²) in [5.74, 6) is 0. The van der Waals surface area contributed by atoms with Gasteiger partial charge in [0.05, 0.1) is 6.04 Å². The van der Waals surface area contributed by atoms with Crippen LogP contribution in [0, 0.1) is 0 Å². The van der Waals surface area contributed by atoms with Crippen molar-refractivity contribution in [2.45, 2.75) is 25.1 Å². The van der Waals surface area contributed by atoms with E-state index in [1.54, 1.807) is 0 Å². The van der Waals surface area contributed by atoms with E-state index in [9.17, 15) is 13.2 Å². The zero-order valence-electron chi connectivity index (χ0n) is 4.78. The molecule has 1 nitrogen and oxygen atoms in total. The molecule has 0 amide bonds. The summed E-state index contributed by atoms with van der Waals surface area (Å²) in [7, 11) is 0. The van der Waals surface area contributed by atoms with Crippen LogP contribution in [0.5, 0.6) is 0 Å². The summed E-state index contributed by atoms with van der Waals surface area (Å²) in [5.41, 5.74) is 0. The molecular weight excluding hydrogens is 131 g/mol. The van der Waals surface area contributed by atoms with Crippen LogP contribution in [0.25, 0.3) is 0 Å². The first kappa shape index (κ1) is 6.86. The van der Waals surface area contributed by atoms with Gasteiger partial charge in [-0.1, -0.05) is 0 Å². The van der Waals surface area contributed by atoms with Crippen molar-refractivity contribution in [2.75, 3.05) is 6.54 Å². The quantitative estimate of drug-likeness (QED) is 0.570. The van der Waals surface area contributed by atoms with Crippen molar-refractivity contribution in [2.24, 2.45) is 0 Å². The number of halogens is 3. The number of nitrogens with one attached hydrogen (secondary N) is 1. The predicted molar refractivity (Wildman–Crippen MR) is 27.3 cm³/mol. The van der Waals surface area contributed by atoms with E-state index in [4.69, 9.17) is 0 Å². The molecule has 4 heteroatoms. The maximum Gasteiger partial charge on any atom is 0.256 e. The second kappa shape index (κ2) is 2.56. The van der Waals surface area contributed by atoms with Crippen molar-refractivity contribution in [3.8, 4) is 0 Å². The van der Waals surface area contributed by atoms with Gasteiger partial charge in [-0.25, -0.2) is 13.2 Å². The SMILES string of the molecule is FC(F)C1NCCC1F. The zero-order chi connectivity index (χ0) is 6.85. The van der Waals surface area contributed by atoms with Gasteiger partial charge in [0.1, 0.15) is 6.17 Å². The first-order valence-electron chi connectivity index (χ1n) is 2.87. The number of hydrogen-bond donors (Lipinski definition) is 1. The molecule has 1 rings (SSSR count). The van der Waals surface area contributed by atoms with Gasteiger partial charge < -0.3 is 5.32 Å². The van der Waals surface area contributed by atoms with Crippen molar-refractivity contribution in [3.05, 3.63) is 0 Å². The highest BCUT2D eigenvalue weighted by atomic mass is 19.3. The molecule has 0 saturated carbocycles. The lowest BCUT2D eigenvalue weighted by Crippen LogP contribution is -2.35. The fourth-order valence-electron chi connectivity index (χ4n) is 0.942. The molecule has 1 aliphatic heterocycles. The second-order valence-corrected chi connectivity index (χ2v) is 2.12. The van der Waals surface area contributed by atoms with E-state index in [-0.39, 0.29) is 6.42 Å². The first-order valence-corrected chi connectivity index (χ1v) is 2.87. The molecule has 0 radical (unpaired) electrons. The molecule has 1 saturated heterocycles. The van der Waals surface area contributed by atoms with Crippen LogP contribution in [0.1, 0.15) is 6.42 Å². The summed E-state index contributed by atoms with van der Waals surface area (Å²) >= 11 is 0. The van der Waals surface area contributed by atoms with Gasteiger partial charge in [0, 0.05) is 0 Å². The molecule has 1 fully saturated rings. The number of hydrogen-bond acceptors (Lipinski definition) is 1. The summed E-state index contributed by atoms with van der Waals surface area (Å²) < 4.78 is 35.7. The molecule has 0 aromatic rings. The van der Waals surface area contributed by atoms with Crippen LogP contribution in [-0.2, 0) is 0 Å². The fourth-order valence-corrected chi connectivity index (χ4v) is 0.942. The molecule has 1 heterocycles. The van der Waals surface area contributed by atoms with Gasteiger partial charge in [-0.05, 0) is 13.0 Å². The summed E-state index contributed by atoms with van der Waals surface area (Å²) in [5, 5.41) is 2.38. The Morgan fingerprint density at radius 3 is 2.33 bits per heavy atom. The molecule has 0 aromatic heterocycles. The lowest BCUT2D eigenvalue weighted by atomic mass is 10.2. The van der Waals surface area contributed by atoms with Crippen molar-refractivity contribution in [1.82, 2.24) is 5.32 Å². The lowest BCUT2D eigenvalue weighted by molar-refractivity contribution is 0.0754. The standard InChI is InChI=1S/C5H8F3N/c6-3-1-2-9-4(3)5(7)8/h3-5,9H,1-2H2. The van der Waals surface area contributed by atoms with Crippen molar-refractivity contribution >= 4 is 0 Å². The van der Waals surface area contributed by atoms with E-state index in [0.29, 0.717) is 6.54 Å². The normalized spacial score (nSPS) is 36.0. The Labute approximate surface area is 51.2 Å². The minimum atomic E-state index is -2.57. The predicted octanol–water partition coefficient (Wildman–Crippen LogP) is 0.952. The molecular formula is C5H8F3N. The van der Waals surface area contributed by atoms with Gasteiger partial charge in [-0.15, -0.1) is 0 Å². The van der Waals surface area contributed by atoms with Crippen LogP contribution in [-0.4, -0.2) is 25.2 Å². The average molecular weight is 139 g/mol. The van der Waals surface area contributed by atoms with E-state index in [0.717, 1.165) is 0 Å². The molecule has 0 aliphatic carbocycles. The highest BCUT2D eigenvalue weighted by Gasteiger charge is 2.33. The molecule has 2 atom stereocenters. The van der Waals surface area contributed by atoms with Gasteiger partial charge in [0.15, 0.2) is 0 Å². The van der Waals surface area contributed by atoms with Crippen molar-refractivity contribution in [1.29, 1.82) is 0 Å². The highest BCUT2D eigenvalue weighted by Crippen LogP contribution is 2.16. The minimum absolute atomic E-state index is 0.217. The lowest BCUT2D eigenvalue weighted by Gasteiger charge is -2.09. The van der Waals surface area contributed by atoms with Gasteiger partial charge >= 0.3 is 0 Å². The van der Waals surface area contributed by atoms with Crippen LogP contribution < -0.4 is 5.32 Å². The Balaban J connectivity index is 2.40. The van der Waals surface area contributed by atoms with Gasteiger partial charge in [0.2, 0.25) is 0 Å². The molecule has 9 heavy (non-hydrogen) atoms. The van der Waals surface area contributed by atoms with Crippen molar-refractivity contribution in [3.63, 3.8) is 0 Å². The van der Waals surface area contributed by atoms with Crippen LogP contribution in [0.15, 0.2) is 0 Å². The minimum Gasteiger partial charge on any atom is -0.306 e. The molecule has 0 bridgehead atoms. The monoisotopic (exact) mass is 139 g/mol. The zero-order valence-corrected chi connectivity index (χ0v) is 4.78. The molecule has 0 aromatic carbocycles. The Kier molecular flexibility index (Phi) is 1.95. The van der Waals surface area contributed by atoms with Crippen LogP contribution in [0.2, 0.25) is 0 Å². The van der Waals surface area contributed by atoms with Crippen molar-refractivity contribution < 1.29 is 13.2 Å². The average Bonchev–Trinajstić information content (AvgIpc) is 2.13. The molecule has 54 valence electrons. The first-order chi connectivity index (χ1) is 4.22. The summed E-state index contributed by atoms with van der Waals surface area (Å²) in [6, 6.07) is -1.22. The third kappa shape index (κ3) is 1.36. The summed E-state index contributed by atoms with van der Waals surface area (Å²) in [6.45, 7) is 0.371. The van der Waals surface area contributed by atoms with Gasteiger partial charge in [-0.3, -0.25) is 0 Å². The number of alkyl halides is 3. The van der Waals surface area contributed by atoms with Gasteiger partial charge in [-0.2, -0.15) is 0 Å². The number of rotatable bonds is 1. The van der Waals surface area contributed by atoms with Gasteiger partial charge in [0.25, 0.3) is 6.43 Å². The maximum atomic E-state index is 12.3. The molecule has 1 N–H and O–H groups in total. The van der Waals surface area contributed by atoms with E-state index in [1.165, 1.54) is 0 Å². The van der Waals surface area contributed by atoms with E-state index < -0.39 is 18.6 Å². The Morgan fingerprint density at radius 2 is 2.11 bits per heavy atom. The van der Waals surface area contributed by atoms with E-state index >= 15 is 0 Å². The fraction of sp³-hybridized carbons (Fsp3) is 1.00. The Morgan fingerprint density at radius 1 is 1.44 bits per heavy atom. The second-order valence-electron chi connectivity index (χ2n) is 2.12. The van der Waals surface area contributed by atoms with E-state index in [1.807, 2.05) is 0 Å². The van der Waals surface area contributed by atoms with E-state index in [2.05, 4.69) is 5.32 Å². The third-order valence-electron chi connectivity index (χ3n) is 1.46. The molecule has 0 spiro atoms.